The third kappa shape index (κ3) is 6.82. The van der Waals surface area contributed by atoms with Crippen molar-refractivity contribution in [3.8, 4) is 34.1 Å². The van der Waals surface area contributed by atoms with E-state index in [-0.39, 0.29) is 39.5 Å². The molecule has 222 valence electrons. The molecule has 0 atom stereocenters. The van der Waals surface area contributed by atoms with Crippen LogP contribution in [0.5, 0.6) is 23.0 Å². The standard InChI is InChI=1S/C36H30O8/c1-19(2)33(37)41-26-11-9-23(10-12-26)24-16-29-30(43-35(39)21(5)6)18-25-15-27(42-34(38)20(3)4)13-14-28(25)32(29)31(17-24)44-36(40)22(7)8/h9-18H,1,3,5,7H2,2,4,6,8H3. The first-order valence-corrected chi connectivity index (χ1v) is 13.4. The van der Waals surface area contributed by atoms with E-state index in [9.17, 15) is 19.2 Å². The van der Waals surface area contributed by atoms with Gasteiger partial charge in [0.2, 0.25) is 0 Å². The molecule has 0 spiro atoms. The van der Waals surface area contributed by atoms with Crippen molar-refractivity contribution in [1.82, 2.24) is 0 Å². The summed E-state index contributed by atoms with van der Waals surface area (Å²) < 4.78 is 22.3. The maximum Gasteiger partial charge on any atom is 0.338 e. The highest BCUT2D eigenvalue weighted by Crippen LogP contribution is 2.43. The van der Waals surface area contributed by atoms with Crippen LogP contribution in [-0.4, -0.2) is 23.9 Å². The predicted molar refractivity (Wildman–Crippen MR) is 169 cm³/mol. The SMILES string of the molecule is C=C(C)C(=O)Oc1ccc(-c2cc(OC(=O)C(=C)C)c3c(c2)c(OC(=O)C(=C)C)cc2cc(OC(=O)C(=C)C)ccc23)cc1. The van der Waals surface area contributed by atoms with E-state index in [1.165, 1.54) is 20.8 Å². The van der Waals surface area contributed by atoms with Crippen molar-refractivity contribution in [3.05, 3.63) is 109 Å². The quantitative estimate of drug-likeness (QED) is 0.0850. The molecule has 0 N–H and O–H groups in total. The van der Waals surface area contributed by atoms with Gasteiger partial charge in [-0.25, -0.2) is 19.2 Å². The second-order valence-electron chi connectivity index (χ2n) is 10.4. The van der Waals surface area contributed by atoms with Crippen LogP contribution >= 0.6 is 0 Å². The molecule has 44 heavy (non-hydrogen) atoms. The molecule has 0 aromatic heterocycles. The van der Waals surface area contributed by atoms with Crippen molar-refractivity contribution >= 4 is 45.4 Å². The molecule has 0 bridgehead atoms. The molecule has 0 amide bonds. The number of carbonyl (C=O) groups is 4. The number of hydrogen-bond donors (Lipinski definition) is 0. The molecule has 0 fully saturated rings. The van der Waals surface area contributed by atoms with Crippen molar-refractivity contribution in [1.29, 1.82) is 0 Å². The number of benzene rings is 4. The Labute approximate surface area is 254 Å². The Morgan fingerprint density at radius 2 is 0.955 bits per heavy atom. The van der Waals surface area contributed by atoms with Gasteiger partial charge in [0.1, 0.15) is 23.0 Å². The van der Waals surface area contributed by atoms with E-state index in [2.05, 4.69) is 26.3 Å². The smallest absolute Gasteiger partial charge is 0.338 e. The van der Waals surface area contributed by atoms with Crippen molar-refractivity contribution in [2.45, 2.75) is 27.7 Å². The van der Waals surface area contributed by atoms with Crippen LogP contribution in [0.2, 0.25) is 0 Å². The van der Waals surface area contributed by atoms with Crippen LogP contribution in [0.25, 0.3) is 32.7 Å². The number of esters is 4. The van der Waals surface area contributed by atoms with Gasteiger partial charge in [0, 0.05) is 33.1 Å². The molecule has 0 aliphatic carbocycles. The van der Waals surface area contributed by atoms with Crippen LogP contribution in [-0.2, 0) is 19.2 Å². The summed E-state index contributed by atoms with van der Waals surface area (Å²) in [6.07, 6.45) is 0. The lowest BCUT2D eigenvalue weighted by molar-refractivity contribution is -0.130. The van der Waals surface area contributed by atoms with Gasteiger partial charge in [-0.05, 0) is 98.1 Å². The molecular formula is C36H30O8. The van der Waals surface area contributed by atoms with E-state index in [0.717, 1.165) is 0 Å². The fourth-order valence-corrected chi connectivity index (χ4v) is 4.07. The summed E-state index contributed by atoms with van der Waals surface area (Å²) in [5.41, 5.74) is 2.14. The van der Waals surface area contributed by atoms with Crippen LogP contribution in [0.3, 0.4) is 0 Å². The van der Waals surface area contributed by atoms with Crippen molar-refractivity contribution in [2.75, 3.05) is 0 Å². The van der Waals surface area contributed by atoms with E-state index in [4.69, 9.17) is 18.9 Å². The van der Waals surface area contributed by atoms with Gasteiger partial charge in [0.05, 0.1) is 0 Å². The summed E-state index contributed by atoms with van der Waals surface area (Å²) in [5.74, 6) is -1.57. The van der Waals surface area contributed by atoms with Gasteiger partial charge >= 0.3 is 23.9 Å². The Morgan fingerprint density at radius 3 is 1.50 bits per heavy atom. The Bertz CT molecular complexity index is 1930. The Balaban J connectivity index is 1.98. The van der Waals surface area contributed by atoms with E-state index < -0.39 is 23.9 Å². The van der Waals surface area contributed by atoms with Crippen LogP contribution in [0, 0.1) is 0 Å². The number of hydrogen-bond acceptors (Lipinski definition) is 8. The second kappa shape index (κ2) is 12.6. The molecule has 4 rings (SSSR count). The molecule has 0 unspecified atom stereocenters. The highest BCUT2D eigenvalue weighted by Gasteiger charge is 2.20. The number of ether oxygens (including phenoxy) is 4. The highest BCUT2D eigenvalue weighted by molar-refractivity contribution is 6.16. The lowest BCUT2D eigenvalue weighted by atomic mass is 9.95. The molecule has 4 aromatic rings. The van der Waals surface area contributed by atoms with E-state index in [1.807, 2.05) is 0 Å². The Kier molecular flexibility index (Phi) is 8.95. The van der Waals surface area contributed by atoms with Gasteiger partial charge in [0.15, 0.2) is 0 Å². The molecule has 0 saturated heterocycles. The largest absolute Gasteiger partial charge is 0.423 e. The zero-order valence-electron chi connectivity index (χ0n) is 24.9. The molecule has 4 aromatic carbocycles. The lowest BCUT2D eigenvalue weighted by Crippen LogP contribution is -2.10. The maximum absolute atomic E-state index is 12.8. The van der Waals surface area contributed by atoms with Gasteiger partial charge in [-0.15, -0.1) is 0 Å². The van der Waals surface area contributed by atoms with E-state index in [1.54, 1.807) is 67.6 Å². The van der Waals surface area contributed by atoms with Gasteiger partial charge in [-0.1, -0.05) is 38.4 Å². The fraction of sp³-hybridized carbons (Fsp3) is 0.111. The first-order chi connectivity index (χ1) is 20.7. The van der Waals surface area contributed by atoms with Gasteiger partial charge < -0.3 is 18.9 Å². The first kappa shape index (κ1) is 31.2. The molecule has 0 aliphatic rings. The van der Waals surface area contributed by atoms with E-state index in [0.29, 0.717) is 38.4 Å². The van der Waals surface area contributed by atoms with Crippen molar-refractivity contribution in [3.63, 3.8) is 0 Å². The predicted octanol–water partition coefficient (Wildman–Crippen LogP) is 7.59. The third-order valence-electron chi connectivity index (χ3n) is 6.35. The summed E-state index contributed by atoms with van der Waals surface area (Å²) in [6.45, 7) is 20.7. The fourth-order valence-electron chi connectivity index (χ4n) is 4.07. The molecular weight excluding hydrogens is 560 g/mol. The summed E-state index contributed by atoms with van der Waals surface area (Å²) >= 11 is 0. The van der Waals surface area contributed by atoms with Crippen molar-refractivity contribution in [2.24, 2.45) is 0 Å². The normalized spacial score (nSPS) is 10.5. The van der Waals surface area contributed by atoms with Crippen LogP contribution < -0.4 is 18.9 Å². The number of rotatable bonds is 9. The van der Waals surface area contributed by atoms with Crippen LogP contribution in [0.4, 0.5) is 0 Å². The summed E-state index contributed by atoms with van der Waals surface area (Å²) in [6, 6.07) is 16.7. The maximum atomic E-state index is 12.8. The summed E-state index contributed by atoms with van der Waals surface area (Å²) in [5, 5.41) is 2.09. The number of fused-ring (bicyclic) bond motifs is 3. The number of carbonyl (C=O) groups excluding carboxylic acids is 4. The Morgan fingerprint density at radius 1 is 0.477 bits per heavy atom. The minimum atomic E-state index is -0.662. The minimum Gasteiger partial charge on any atom is -0.423 e. The second-order valence-corrected chi connectivity index (χ2v) is 10.4. The summed E-state index contributed by atoms with van der Waals surface area (Å²) in [7, 11) is 0. The van der Waals surface area contributed by atoms with Gasteiger partial charge in [-0.3, -0.25) is 0 Å². The van der Waals surface area contributed by atoms with Gasteiger partial charge in [-0.2, -0.15) is 0 Å². The zero-order valence-corrected chi connectivity index (χ0v) is 24.9. The van der Waals surface area contributed by atoms with Gasteiger partial charge in [0.25, 0.3) is 0 Å². The van der Waals surface area contributed by atoms with Crippen LogP contribution in [0.15, 0.2) is 109 Å². The molecule has 0 heterocycles. The minimum absolute atomic E-state index is 0.158. The van der Waals surface area contributed by atoms with E-state index >= 15 is 0 Å². The first-order valence-electron chi connectivity index (χ1n) is 13.4. The molecule has 0 aliphatic heterocycles. The highest BCUT2D eigenvalue weighted by atomic mass is 16.5. The molecule has 8 nitrogen and oxygen atoms in total. The summed E-state index contributed by atoms with van der Waals surface area (Å²) in [4.78, 5) is 49.6. The Hall–Kier alpha value is -5.76. The lowest BCUT2D eigenvalue weighted by Gasteiger charge is -2.17. The molecule has 0 saturated carbocycles. The van der Waals surface area contributed by atoms with Crippen LogP contribution in [0.1, 0.15) is 27.7 Å². The third-order valence-corrected chi connectivity index (χ3v) is 6.35. The average molecular weight is 591 g/mol. The topological polar surface area (TPSA) is 105 Å². The molecule has 8 heteroatoms. The zero-order chi connectivity index (χ0) is 32.3. The van der Waals surface area contributed by atoms with Crippen molar-refractivity contribution < 1.29 is 38.1 Å². The average Bonchev–Trinajstić information content (AvgIpc) is 2.97. The molecule has 0 radical (unpaired) electrons. The monoisotopic (exact) mass is 590 g/mol.